The third kappa shape index (κ3) is 3.84. The minimum Gasteiger partial charge on any atom is -0.490 e. The van der Waals surface area contributed by atoms with Crippen LogP contribution in [0.1, 0.15) is 12.0 Å². The second-order valence-electron chi connectivity index (χ2n) is 7.75. The molecule has 0 bridgehead atoms. The lowest BCUT2D eigenvalue weighted by molar-refractivity contribution is -0.130. The number of aromatic amines is 1. The molecule has 2 aliphatic rings. The zero-order valence-corrected chi connectivity index (χ0v) is 17.2. The largest absolute Gasteiger partial charge is 0.490 e. The number of carbonyl (C=O) groups excluding carboxylic acids is 3. The number of ether oxygens (including phenoxy) is 2. The number of nitrogens with one attached hydrogen (secondary N) is 3. The number of hydrogen-bond donors (Lipinski definition) is 3. The van der Waals surface area contributed by atoms with Gasteiger partial charge in [0.15, 0.2) is 11.5 Å². The summed E-state index contributed by atoms with van der Waals surface area (Å²) < 4.78 is 11.2. The maximum Gasteiger partial charge on any atom is 0.325 e. The normalized spacial score (nSPS) is 17.9. The molecule has 2 aromatic carbocycles. The fourth-order valence-corrected chi connectivity index (χ4v) is 3.97. The summed E-state index contributed by atoms with van der Waals surface area (Å²) in [5, 5.41) is 6.39. The Balaban J connectivity index is 1.23. The molecule has 1 atom stereocenters. The fraction of sp³-hybridized carbons (Fsp3) is 0.261. The molecule has 0 unspecified atom stereocenters. The van der Waals surface area contributed by atoms with Crippen molar-refractivity contribution in [3.8, 4) is 11.5 Å². The van der Waals surface area contributed by atoms with Crippen molar-refractivity contribution < 1.29 is 23.9 Å². The molecule has 3 aromatic rings. The van der Waals surface area contributed by atoms with Gasteiger partial charge in [0.25, 0.3) is 5.91 Å². The number of imide groups is 1. The number of carbonyl (C=O) groups is 3. The highest BCUT2D eigenvalue weighted by atomic mass is 16.5. The number of H-pyrrole nitrogens is 1. The van der Waals surface area contributed by atoms with Gasteiger partial charge in [0, 0.05) is 41.7 Å². The smallest absolute Gasteiger partial charge is 0.325 e. The molecule has 1 saturated heterocycles. The van der Waals surface area contributed by atoms with Gasteiger partial charge in [-0.3, -0.25) is 14.5 Å². The number of urea groups is 1. The number of rotatable bonds is 5. The SMILES string of the molecule is O=C(CN1C(=O)N[C@@H](Cc2c[nH]c3ccccc23)C1=O)Nc1ccc2c(c1)OCCCO2. The lowest BCUT2D eigenvalue weighted by Crippen LogP contribution is -2.38. The van der Waals surface area contributed by atoms with Crippen molar-refractivity contribution in [1.82, 2.24) is 15.2 Å². The highest BCUT2D eigenvalue weighted by Crippen LogP contribution is 2.32. The van der Waals surface area contributed by atoms with Crippen LogP contribution in [0.5, 0.6) is 11.5 Å². The van der Waals surface area contributed by atoms with E-state index in [0.717, 1.165) is 27.8 Å². The van der Waals surface area contributed by atoms with Gasteiger partial charge in [0.05, 0.1) is 13.2 Å². The Morgan fingerprint density at radius 3 is 2.78 bits per heavy atom. The number of hydrogen-bond acceptors (Lipinski definition) is 5. The van der Waals surface area contributed by atoms with E-state index in [9.17, 15) is 14.4 Å². The molecule has 164 valence electrons. The van der Waals surface area contributed by atoms with Crippen LogP contribution in [-0.2, 0) is 16.0 Å². The second kappa shape index (κ2) is 8.26. The fourth-order valence-electron chi connectivity index (χ4n) is 3.97. The lowest BCUT2D eigenvalue weighted by atomic mass is 10.1. The Kier molecular flexibility index (Phi) is 5.14. The molecule has 32 heavy (non-hydrogen) atoms. The highest BCUT2D eigenvalue weighted by molar-refractivity contribution is 6.08. The van der Waals surface area contributed by atoms with Crippen molar-refractivity contribution in [2.75, 3.05) is 25.1 Å². The van der Waals surface area contributed by atoms with E-state index in [1.807, 2.05) is 30.5 Å². The first kappa shape index (κ1) is 19.9. The van der Waals surface area contributed by atoms with E-state index < -0.39 is 23.9 Å². The van der Waals surface area contributed by atoms with Gasteiger partial charge in [-0.25, -0.2) is 4.79 Å². The van der Waals surface area contributed by atoms with Gasteiger partial charge in [-0.05, 0) is 23.8 Å². The number of amides is 4. The average Bonchev–Trinajstić information content (AvgIpc) is 3.19. The molecular weight excluding hydrogens is 412 g/mol. The number of para-hydroxylation sites is 1. The molecule has 3 N–H and O–H groups in total. The van der Waals surface area contributed by atoms with Crippen molar-refractivity contribution in [2.24, 2.45) is 0 Å². The summed E-state index contributed by atoms with van der Waals surface area (Å²) in [5.74, 6) is 0.272. The summed E-state index contributed by atoms with van der Waals surface area (Å²) in [6, 6.07) is 11.6. The van der Waals surface area contributed by atoms with Crippen LogP contribution in [0.3, 0.4) is 0 Å². The zero-order valence-electron chi connectivity index (χ0n) is 17.2. The molecule has 9 nitrogen and oxygen atoms in total. The van der Waals surface area contributed by atoms with Crippen molar-refractivity contribution in [3.05, 3.63) is 54.2 Å². The molecule has 2 aliphatic heterocycles. The lowest BCUT2D eigenvalue weighted by Gasteiger charge is -2.14. The van der Waals surface area contributed by atoms with E-state index in [2.05, 4.69) is 15.6 Å². The molecule has 1 aromatic heterocycles. The van der Waals surface area contributed by atoms with Crippen LogP contribution in [0, 0.1) is 0 Å². The Bertz CT molecular complexity index is 1200. The molecule has 0 radical (unpaired) electrons. The van der Waals surface area contributed by atoms with E-state index in [-0.39, 0.29) is 6.54 Å². The van der Waals surface area contributed by atoms with Crippen LogP contribution in [-0.4, -0.2) is 53.5 Å². The summed E-state index contributed by atoms with van der Waals surface area (Å²) in [6.07, 6.45) is 2.96. The van der Waals surface area contributed by atoms with E-state index in [1.54, 1.807) is 18.2 Å². The first-order valence-corrected chi connectivity index (χ1v) is 10.4. The number of anilines is 1. The van der Waals surface area contributed by atoms with Crippen molar-refractivity contribution in [3.63, 3.8) is 0 Å². The second-order valence-corrected chi connectivity index (χ2v) is 7.75. The van der Waals surface area contributed by atoms with Crippen molar-refractivity contribution in [1.29, 1.82) is 0 Å². The molecule has 0 aliphatic carbocycles. The Morgan fingerprint density at radius 1 is 1.09 bits per heavy atom. The van der Waals surface area contributed by atoms with Gasteiger partial charge in [-0.15, -0.1) is 0 Å². The number of aromatic nitrogens is 1. The van der Waals surface area contributed by atoms with E-state index in [0.29, 0.717) is 36.8 Å². The zero-order chi connectivity index (χ0) is 22.1. The summed E-state index contributed by atoms with van der Waals surface area (Å²) in [6.45, 7) is 0.735. The van der Waals surface area contributed by atoms with Gasteiger partial charge < -0.3 is 25.1 Å². The number of fused-ring (bicyclic) bond motifs is 2. The van der Waals surface area contributed by atoms with E-state index >= 15 is 0 Å². The Morgan fingerprint density at radius 2 is 1.91 bits per heavy atom. The molecule has 4 amide bonds. The standard InChI is InChI=1S/C23H22N4O5/c28-21(25-15-6-7-19-20(11-15)32-9-3-8-31-19)13-27-22(29)18(26-23(27)30)10-14-12-24-17-5-2-1-4-16(14)17/h1-2,4-7,11-12,18,24H,3,8-10,13H2,(H,25,28)(H,26,30)/t18-/m0/s1. The third-order valence-corrected chi connectivity index (χ3v) is 5.54. The van der Waals surface area contributed by atoms with Crippen LogP contribution in [0.2, 0.25) is 0 Å². The molecular formula is C23H22N4O5. The summed E-state index contributed by atoms with van der Waals surface area (Å²) in [4.78, 5) is 41.8. The quantitative estimate of drug-likeness (QED) is 0.534. The Hall–Kier alpha value is -4.01. The first-order valence-electron chi connectivity index (χ1n) is 10.4. The average molecular weight is 434 g/mol. The first-order chi connectivity index (χ1) is 15.6. The van der Waals surface area contributed by atoms with Gasteiger partial charge in [-0.2, -0.15) is 0 Å². The minimum absolute atomic E-state index is 0.342. The summed E-state index contributed by atoms with van der Waals surface area (Å²) in [7, 11) is 0. The maximum atomic E-state index is 12.8. The summed E-state index contributed by atoms with van der Waals surface area (Å²) in [5.41, 5.74) is 2.39. The maximum absolute atomic E-state index is 12.8. The number of nitrogens with zero attached hydrogens (tertiary/aromatic N) is 1. The Labute approximate surface area is 183 Å². The van der Waals surface area contributed by atoms with Gasteiger partial charge in [0.2, 0.25) is 5.91 Å². The van der Waals surface area contributed by atoms with Crippen LogP contribution in [0.25, 0.3) is 10.9 Å². The predicted octanol–water partition coefficient (Wildman–Crippen LogP) is 2.43. The molecule has 0 saturated carbocycles. The predicted molar refractivity (Wildman–Crippen MR) is 117 cm³/mol. The summed E-state index contributed by atoms with van der Waals surface area (Å²) >= 11 is 0. The molecule has 0 spiro atoms. The van der Waals surface area contributed by atoms with Crippen molar-refractivity contribution >= 4 is 34.4 Å². The van der Waals surface area contributed by atoms with Crippen LogP contribution in [0.4, 0.5) is 10.5 Å². The topological polar surface area (TPSA) is 113 Å². The van der Waals surface area contributed by atoms with E-state index in [4.69, 9.17) is 9.47 Å². The van der Waals surface area contributed by atoms with E-state index in [1.165, 1.54) is 0 Å². The minimum atomic E-state index is -0.715. The van der Waals surface area contributed by atoms with Gasteiger partial charge in [-0.1, -0.05) is 18.2 Å². The van der Waals surface area contributed by atoms with Crippen LogP contribution < -0.4 is 20.1 Å². The van der Waals surface area contributed by atoms with Crippen LogP contribution in [0.15, 0.2) is 48.7 Å². The molecule has 3 heterocycles. The monoisotopic (exact) mass is 434 g/mol. The molecule has 9 heteroatoms. The number of benzene rings is 2. The van der Waals surface area contributed by atoms with Crippen molar-refractivity contribution in [2.45, 2.75) is 18.9 Å². The van der Waals surface area contributed by atoms with Crippen LogP contribution >= 0.6 is 0 Å². The van der Waals surface area contributed by atoms with Gasteiger partial charge >= 0.3 is 6.03 Å². The van der Waals surface area contributed by atoms with Gasteiger partial charge in [0.1, 0.15) is 12.6 Å². The molecule has 1 fully saturated rings. The highest BCUT2D eigenvalue weighted by Gasteiger charge is 2.39. The third-order valence-electron chi connectivity index (χ3n) is 5.54. The molecule has 5 rings (SSSR count).